The van der Waals surface area contributed by atoms with Crippen molar-refractivity contribution in [1.82, 2.24) is 0 Å². The van der Waals surface area contributed by atoms with Gasteiger partial charge in [-0.05, 0) is 19.8 Å². The lowest BCUT2D eigenvalue weighted by molar-refractivity contribution is -0.453. The number of halogens is 16. The van der Waals surface area contributed by atoms with E-state index < -0.39 is 73.1 Å². The topological polar surface area (TPSA) is 0 Å². The highest BCUT2D eigenvalue weighted by Crippen LogP contribution is 2.64. The molecule has 216 valence electrons. The minimum absolute atomic E-state index is 0.104. The van der Waals surface area contributed by atoms with Gasteiger partial charge < -0.3 is 0 Å². The van der Waals surface area contributed by atoms with Crippen LogP contribution in [0.1, 0.15) is 65.2 Å². The highest BCUT2D eigenvalue weighted by atomic mass is 19.4. The van der Waals surface area contributed by atoms with Crippen LogP contribution in [-0.4, -0.2) is 47.4 Å². The Hall–Kier alpha value is -1.38. The molecule has 0 fully saturated rings. The molecular formula is C20H24F16. The molecule has 0 bridgehead atoms. The first-order valence-corrected chi connectivity index (χ1v) is 10.5. The predicted octanol–water partition coefficient (Wildman–Crippen LogP) is 9.79. The summed E-state index contributed by atoms with van der Waals surface area (Å²) in [6, 6.07) is 0. The van der Waals surface area contributed by atoms with E-state index >= 15 is 0 Å². The Kier molecular flexibility index (Phi) is 10.7. The van der Waals surface area contributed by atoms with Crippen molar-refractivity contribution in [2.24, 2.45) is 0 Å². The predicted molar refractivity (Wildman–Crippen MR) is 97.0 cm³/mol. The Morgan fingerprint density at radius 3 is 1.14 bits per heavy atom. The van der Waals surface area contributed by atoms with E-state index in [1.165, 1.54) is 0 Å². The summed E-state index contributed by atoms with van der Waals surface area (Å²) in [5, 5.41) is 0. The first-order valence-electron chi connectivity index (χ1n) is 10.5. The third-order valence-corrected chi connectivity index (χ3v) is 5.35. The van der Waals surface area contributed by atoms with Crippen molar-refractivity contribution >= 4 is 0 Å². The number of hydrogen-bond donors (Lipinski definition) is 0. The molecule has 36 heavy (non-hydrogen) atoms. The maximum absolute atomic E-state index is 13.8. The Morgan fingerprint density at radius 1 is 0.444 bits per heavy atom. The average molecular weight is 568 g/mol. The van der Waals surface area contributed by atoms with Gasteiger partial charge in [0.25, 0.3) is 0 Å². The molecule has 0 aliphatic heterocycles. The lowest BCUT2D eigenvalue weighted by Gasteiger charge is -2.43. The maximum atomic E-state index is 13.8. The van der Waals surface area contributed by atoms with E-state index in [1.54, 1.807) is 6.92 Å². The largest absolute Gasteiger partial charge is 0.384 e. The molecule has 0 amide bonds. The Labute approximate surface area is 196 Å². The molecule has 0 saturated heterocycles. The monoisotopic (exact) mass is 568 g/mol. The summed E-state index contributed by atoms with van der Waals surface area (Å²) >= 11 is 0. The Balaban J connectivity index is 6.34. The zero-order valence-corrected chi connectivity index (χ0v) is 18.9. The van der Waals surface area contributed by atoms with Gasteiger partial charge in [-0.25, -0.2) is 0 Å². The van der Waals surface area contributed by atoms with Gasteiger partial charge in [-0.15, -0.1) is 0 Å². The van der Waals surface area contributed by atoms with Crippen LogP contribution in [0.5, 0.6) is 0 Å². The van der Waals surface area contributed by atoms with Crippen molar-refractivity contribution < 1.29 is 70.2 Å². The summed E-state index contributed by atoms with van der Waals surface area (Å²) in [5.41, 5.74) is 0. The van der Waals surface area contributed by atoms with Crippen LogP contribution < -0.4 is 0 Å². The summed E-state index contributed by atoms with van der Waals surface area (Å²) in [7, 11) is 0. The van der Waals surface area contributed by atoms with Crippen molar-refractivity contribution in [3.05, 3.63) is 12.2 Å². The lowest BCUT2D eigenvalue weighted by atomic mass is 9.86. The molecule has 0 aliphatic rings. The minimum atomic E-state index is -8.35. The molecule has 0 saturated carbocycles. The van der Waals surface area contributed by atoms with Crippen LogP contribution in [0.2, 0.25) is 0 Å². The van der Waals surface area contributed by atoms with E-state index in [1.807, 2.05) is 0 Å². The molecule has 0 aromatic rings. The van der Waals surface area contributed by atoms with E-state index in [9.17, 15) is 70.2 Å². The van der Waals surface area contributed by atoms with E-state index in [4.69, 9.17) is 0 Å². The molecule has 0 atom stereocenters. The first-order chi connectivity index (χ1) is 15.9. The number of allylic oxidation sites excluding steroid dienone is 2. The molecule has 0 radical (unpaired) electrons. The Bertz CT molecular complexity index is 723. The molecule has 0 rings (SSSR count). The molecule has 0 N–H and O–H groups in total. The van der Waals surface area contributed by atoms with Gasteiger partial charge in [-0.3, -0.25) is 0 Å². The highest BCUT2D eigenvalue weighted by molar-refractivity contribution is 5.16. The van der Waals surface area contributed by atoms with Crippen molar-refractivity contribution in [3.8, 4) is 0 Å². The van der Waals surface area contributed by atoms with Crippen LogP contribution in [0.15, 0.2) is 12.2 Å². The average Bonchev–Trinajstić information content (AvgIpc) is 2.72. The van der Waals surface area contributed by atoms with Crippen LogP contribution >= 0.6 is 0 Å². The van der Waals surface area contributed by atoms with Gasteiger partial charge in [-0.1, -0.05) is 44.8 Å². The van der Waals surface area contributed by atoms with Crippen LogP contribution in [0.3, 0.4) is 0 Å². The summed E-state index contributed by atoms with van der Waals surface area (Å²) in [5.74, 6) is -60.3. The van der Waals surface area contributed by atoms with E-state index in [2.05, 4.69) is 0 Å². The van der Waals surface area contributed by atoms with Crippen LogP contribution in [0, 0.1) is 0 Å². The number of alkyl halides is 16. The smallest absolute Gasteiger partial charge is 0.200 e. The van der Waals surface area contributed by atoms with E-state index in [-0.39, 0.29) is 12.8 Å². The number of rotatable bonds is 16. The molecule has 0 aromatic heterocycles. The van der Waals surface area contributed by atoms with Crippen molar-refractivity contribution in [2.75, 3.05) is 0 Å². The molecule has 0 aliphatic carbocycles. The normalized spacial score (nSPS) is 15.7. The quantitative estimate of drug-likeness (QED) is 0.0988. The third-order valence-electron chi connectivity index (χ3n) is 5.35. The maximum Gasteiger partial charge on any atom is 0.384 e. The van der Waals surface area contributed by atoms with Crippen LogP contribution in [-0.2, 0) is 0 Å². The van der Waals surface area contributed by atoms with Crippen LogP contribution in [0.4, 0.5) is 70.2 Å². The zero-order chi connectivity index (χ0) is 29.1. The fourth-order valence-electron chi connectivity index (χ4n) is 2.94. The van der Waals surface area contributed by atoms with Gasteiger partial charge in [-0.2, -0.15) is 70.2 Å². The second-order valence-corrected chi connectivity index (χ2v) is 8.13. The molecule has 0 heterocycles. The lowest BCUT2D eigenvalue weighted by Crippen LogP contribution is -2.74. The number of unbranched alkanes of at least 4 members (excludes halogenated alkanes) is 4. The molecule has 0 unspecified atom stereocenters. The highest BCUT2D eigenvalue weighted by Gasteiger charge is 2.94. The molecular weight excluding hydrogens is 544 g/mol. The summed E-state index contributed by atoms with van der Waals surface area (Å²) in [6.07, 6.45) is -4.64. The van der Waals surface area contributed by atoms with Crippen molar-refractivity contribution in [3.63, 3.8) is 0 Å². The standard InChI is InChI=1S/C20H24F16/c1-3-5-7-8-10-12-14(23,24)16(27,28)18(31,32)20(35,36)19(33,34)17(29,30)15(25,26)13(21,22)11-9-6-4-2/h4,6H,3,5,7-12H2,1-2H3/b6-4+. The van der Waals surface area contributed by atoms with Gasteiger partial charge in [0.1, 0.15) is 0 Å². The zero-order valence-electron chi connectivity index (χ0n) is 18.9. The van der Waals surface area contributed by atoms with Gasteiger partial charge >= 0.3 is 47.4 Å². The second kappa shape index (κ2) is 11.2. The first kappa shape index (κ1) is 34.6. The SMILES string of the molecule is C/C=C/CCC(F)(F)C(F)(F)C(F)(F)C(F)(F)C(F)(F)C(F)(F)C(F)(F)C(F)(F)CCCCCCC. The summed E-state index contributed by atoms with van der Waals surface area (Å²) < 4.78 is 220. The van der Waals surface area contributed by atoms with Crippen molar-refractivity contribution in [1.29, 1.82) is 0 Å². The van der Waals surface area contributed by atoms with Gasteiger partial charge in [0.05, 0.1) is 0 Å². The van der Waals surface area contributed by atoms with E-state index in [0.717, 1.165) is 13.0 Å². The van der Waals surface area contributed by atoms with E-state index in [0.29, 0.717) is 18.9 Å². The fraction of sp³-hybridized carbons (Fsp3) is 0.900. The van der Waals surface area contributed by atoms with Gasteiger partial charge in [0.2, 0.25) is 0 Å². The molecule has 16 heteroatoms. The summed E-state index contributed by atoms with van der Waals surface area (Å²) in [6.45, 7) is 2.76. The second-order valence-electron chi connectivity index (χ2n) is 8.13. The molecule has 0 aromatic carbocycles. The molecule has 0 spiro atoms. The van der Waals surface area contributed by atoms with Crippen molar-refractivity contribution in [2.45, 2.75) is 113 Å². The number of hydrogen-bond acceptors (Lipinski definition) is 0. The third kappa shape index (κ3) is 5.70. The fourth-order valence-corrected chi connectivity index (χ4v) is 2.94. The van der Waals surface area contributed by atoms with Gasteiger partial charge in [0, 0.05) is 12.8 Å². The molecule has 0 nitrogen and oxygen atoms in total. The van der Waals surface area contributed by atoms with Gasteiger partial charge in [0.15, 0.2) is 0 Å². The minimum Gasteiger partial charge on any atom is -0.200 e. The summed E-state index contributed by atoms with van der Waals surface area (Å²) in [4.78, 5) is 0. The van der Waals surface area contributed by atoms with Crippen LogP contribution in [0.25, 0.3) is 0 Å². The Morgan fingerprint density at radius 2 is 0.778 bits per heavy atom.